The Kier molecular flexibility index (Phi) is 3.60. The summed E-state index contributed by atoms with van der Waals surface area (Å²) in [6.07, 6.45) is 1.46. The van der Waals surface area contributed by atoms with E-state index in [9.17, 15) is 8.42 Å². The molecule has 0 saturated heterocycles. The van der Waals surface area contributed by atoms with Gasteiger partial charge < -0.3 is 4.52 Å². The molecule has 0 bridgehead atoms. The van der Waals surface area contributed by atoms with E-state index < -0.39 is 10.0 Å². The van der Waals surface area contributed by atoms with Gasteiger partial charge in [0.05, 0.1) is 17.6 Å². The maximum atomic E-state index is 11.9. The normalized spacial score (nSPS) is 11.6. The molecular weight excluding hydrogens is 308 g/mol. The van der Waals surface area contributed by atoms with Crippen molar-refractivity contribution in [1.82, 2.24) is 9.88 Å². The zero-order valence-corrected chi connectivity index (χ0v) is 11.0. The van der Waals surface area contributed by atoms with Crippen molar-refractivity contribution >= 4 is 26.0 Å². The summed E-state index contributed by atoms with van der Waals surface area (Å²) in [4.78, 5) is 0.194. The summed E-state index contributed by atoms with van der Waals surface area (Å²) in [6.45, 7) is 0.0731. The molecule has 0 unspecified atom stereocenters. The topological polar surface area (TPSA) is 72.2 Å². The second kappa shape index (κ2) is 4.99. The molecule has 5 nitrogen and oxygen atoms in total. The molecule has 0 aliphatic carbocycles. The van der Waals surface area contributed by atoms with Gasteiger partial charge in [0.25, 0.3) is 0 Å². The summed E-state index contributed by atoms with van der Waals surface area (Å²) >= 11 is 3.20. The SMILES string of the molecule is O=S(=O)(NCc1ccno1)c1ccccc1Br. The van der Waals surface area contributed by atoms with Gasteiger partial charge in [-0.25, -0.2) is 13.1 Å². The van der Waals surface area contributed by atoms with Crippen molar-refractivity contribution < 1.29 is 12.9 Å². The molecule has 0 aliphatic rings. The smallest absolute Gasteiger partial charge is 0.242 e. The van der Waals surface area contributed by atoms with Gasteiger partial charge in [0.2, 0.25) is 10.0 Å². The van der Waals surface area contributed by atoms with Gasteiger partial charge in [-0.1, -0.05) is 17.3 Å². The summed E-state index contributed by atoms with van der Waals surface area (Å²) in [5.41, 5.74) is 0. The van der Waals surface area contributed by atoms with Crippen LogP contribution < -0.4 is 4.72 Å². The number of hydrogen-bond acceptors (Lipinski definition) is 4. The van der Waals surface area contributed by atoms with Crippen LogP contribution >= 0.6 is 15.9 Å². The molecule has 0 saturated carbocycles. The average Bonchev–Trinajstić information content (AvgIpc) is 2.80. The Morgan fingerprint density at radius 3 is 2.71 bits per heavy atom. The van der Waals surface area contributed by atoms with Crippen molar-refractivity contribution in [2.45, 2.75) is 11.4 Å². The Morgan fingerprint density at radius 2 is 2.06 bits per heavy atom. The lowest BCUT2D eigenvalue weighted by Gasteiger charge is -2.06. The van der Waals surface area contributed by atoms with E-state index in [0.717, 1.165) is 0 Å². The monoisotopic (exact) mass is 316 g/mol. The summed E-state index contributed by atoms with van der Waals surface area (Å²) in [5, 5.41) is 3.49. The molecule has 0 radical (unpaired) electrons. The van der Waals surface area contributed by atoms with Crippen LogP contribution in [0.3, 0.4) is 0 Å². The minimum atomic E-state index is -3.55. The van der Waals surface area contributed by atoms with Gasteiger partial charge in [0, 0.05) is 10.5 Å². The van der Waals surface area contributed by atoms with E-state index in [1.54, 1.807) is 24.3 Å². The fourth-order valence-corrected chi connectivity index (χ4v) is 3.23. The van der Waals surface area contributed by atoms with Crippen LogP contribution in [0.1, 0.15) is 5.76 Å². The van der Waals surface area contributed by atoms with Crippen molar-refractivity contribution in [2.24, 2.45) is 0 Å². The molecule has 2 aromatic rings. The largest absolute Gasteiger partial charge is 0.360 e. The summed E-state index contributed by atoms with van der Waals surface area (Å²) in [5.74, 6) is 0.459. The number of benzene rings is 1. The highest BCUT2D eigenvalue weighted by Gasteiger charge is 2.17. The van der Waals surface area contributed by atoms with Crippen molar-refractivity contribution in [3.8, 4) is 0 Å². The van der Waals surface area contributed by atoms with Crippen LogP contribution in [0.15, 0.2) is 50.4 Å². The first-order valence-corrected chi connectivity index (χ1v) is 7.01. The third-order valence-electron chi connectivity index (χ3n) is 2.05. The van der Waals surface area contributed by atoms with Crippen LogP contribution in [-0.4, -0.2) is 13.6 Å². The zero-order valence-electron chi connectivity index (χ0n) is 8.63. The second-order valence-corrected chi connectivity index (χ2v) is 5.82. The molecule has 1 N–H and O–H groups in total. The summed E-state index contributed by atoms with van der Waals surface area (Å²) in [7, 11) is -3.55. The molecule has 0 fully saturated rings. The number of hydrogen-bond donors (Lipinski definition) is 1. The van der Waals surface area contributed by atoms with Gasteiger partial charge in [-0.2, -0.15) is 0 Å². The number of nitrogens with one attached hydrogen (secondary N) is 1. The van der Waals surface area contributed by atoms with Crippen LogP contribution in [0.5, 0.6) is 0 Å². The minimum absolute atomic E-state index is 0.0731. The lowest BCUT2D eigenvalue weighted by molar-refractivity contribution is 0.380. The third kappa shape index (κ3) is 2.93. The molecule has 0 aliphatic heterocycles. The van der Waals surface area contributed by atoms with E-state index in [4.69, 9.17) is 4.52 Å². The lowest BCUT2D eigenvalue weighted by Crippen LogP contribution is -2.23. The van der Waals surface area contributed by atoms with Crippen LogP contribution in [0.25, 0.3) is 0 Å². The standard InChI is InChI=1S/C10H9BrN2O3S/c11-9-3-1-2-4-10(9)17(14,15)13-7-8-5-6-12-16-8/h1-6,13H,7H2. The van der Waals surface area contributed by atoms with E-state index in [0.29, 0.717) is 10.2 Å². The molecule has 7 heteroatoms. The molecule has 1 heterocycles. The highest BCUT2D eigenvalue weighted by atomic mass is 79.9. The van der Waals surface area contributed by atoms with Crippen LogP contribution in [-0.2, 0) is 16.6 Å². The Labute approximate surface area is 107 Å². The Balaban J connectivity index is 2.17. The Morgan fingerprint density at radius 1 is 1.29 bits per heavy atom. The molecular formula is C10H9BrN2O3S. The van der Waals surface area contributed by atoms with E-state index in [2.05, 4.69) is 25.8 Å². The predicted molar refractivity (Wildman–Crippen MR) is 64.7 cm³/mol. The average molecular weight is 317 g/mol. The van der Waals surface area contributed by atoms with E-state index in [-0.39, 0.29) is 11.4 Å². The van der Waals surface area contributed by atoms with Gasteiger partial charge in [-0.15, -0.1) is 0 Å². The molecule has 90 valence electrons. The number of halogens is 1. The van der Waals surface area contributed by atoms with Gasteiger partial charge in [0.1, 0.15) is 0 Å². The van der Waals surface area contributed by atoms with Gasteiger partial charge in [-0.3, -0.25) is 0 Å². The number of rotatable bonds is 4. The highest BCUT2D eigenvalue weighted by Crippen LogP contribution is 2.20. The lowest BCUT2D eigenvalue weighted by atomic mass is 10.4. The first kappa shape index (κ1) is 12.3. The van der Waals surface area contributed by atoms with E-state index >= 15 is 0 Å². The molecule has 0 spiro atoms. The van der Waals surface area contributed by atoms with E-state index in [1.165, 1.54) is 12.3 Å². The Hall–Kier alpha value is -1.18. The molecule has 17 heavy (non-hydrogen) atoms. The van der Waals surface area contributed by atoms with Gasteiger partial charge >= 0.3 is 0 Å². The fraction of sp³-hybridized carbons (Fsp3) is 0.100. The molecule has 0 amide bonds. The molecule has 1 aromatic heterocycles. The van der Waals surface area contributed by atoms with Crippen LogP contribution in [0.4, 0.5) is 0 Å². The third-order valence-corrected chi connectivity index (χ3v) is 4.47. The highest BCUT2D eigenvalue weighted by molar-refractivity contribution is 9.10. The van der Waals surface area contributed by atoms with Crippen molar-refractivity contribution in [2.75, 3.05) is 0 Å². The van der Waals surface area contributed by atoms with Crippen LogP contribution in [0.2, 0.25) is 0 Å². The maximum absolute atomic E-state index is 11.9. The van der Waals surface area contributed by atoms with Gasteiger partial charge in [-0.05, 0) is 28.1 Å². The first-order chi connectivity index (χ1) is 8.09. The second-order valence-electron chi connectivity index (χ2n) is 3.23. The predicted octanol–water partition coefficient (Wildman–Crippen LogP) is 1.92. The first-order valence-electron chi connectivity index (χ1n) is 4.73. The zero-order chi connectivity index (χ0) is 12.3. The van der Waals surface area contributed by atoms with Crippen LogP contribution in [0, 0.1) is 0 Å². The quantitative estimate of drug-likeness (QED) is 0.935. The van der Waals surface area contributed by atoms with Crippen molar-refractivity contribution in [3.63, 3.8) is 0 Å². The number of aromatic nitrogens is 1. The number of sulfonamides is 1. The minimum Gasteiger partial charge on any atom is -0.360 e. The molecule has 2 rings (SSSR count). The Bertz CT molecular complexity index is 596. The van der Waals surface area contributed by atoms with Crippen molar-refractivity contribution in [3.05, 3.63) is 46.8 Å². The summed E-state index contributed by atoms with van der Waals surface area (Å²) in [6, 6.07) is 8.20. The fourth-order valence-electron chi connectivity index (χ4n) is 1.24. The van der Waals surface area contributed by atoms with Gasteiger partial charge in [0.15, 0.2) is 5.76 Å². The molecule has 0 atom stereocenters. The maximum Gasteiger partial charge on any atom is 0.242 e. The number of nitrogens with zero attached hydrogens (tertiary/aromatic N) is 1. The van der Waals surface area contributed by atoms with Crippen molar-refractivity contribution in [1.29, 1.82) is 0 Å². The summed E-state index contributed by atoms with van der Waals surface area (Å²) < 4.78 is 31.6. The molecule has 1 aromatic carbocycles. The van der Waals surface area contributed by atoms with E-state index in [1.807, 2.05) is 0 Å².